The SMILES string of the molecule is Cc1c(OC2CCC(OC[C@H](C)CN3CCN(c4ccc5c([C@H]6CCC(=O)NC6=O)nn(C)c5c4)CC3)CC2)cccc1-c1ccc(N2CCc3cccc(C(=O)Nc4nc5ccccc5s4)c3C2)nc1C(=O)O. The van der Waals surface area contributed by atoms with Crippen LogP contribution in [0, 0.1) is 12.8 Å². The van der Waals surface area contributed by atoms with E-state index in [0.29, 0.717) is 67.0 Å². The Morgan fingerprint density at radius 2 is 1.65 bits per heavy atom. The summed E-state index contributed by atoms with van der Waals surface area (Å²) in [6.45, 7) is 10.7. The Bertz CT molecular complexity index is 3250. The number of aromatic carboxylic acids is 1. The van der Waals surface area contributed by atoms with E-state index in [1.807, 2.05) is 96.3 Å². The first-order valence-corrected chi connectivity index (χ1v) is 26.7. The van der Waals surface area contributed by atoms with Crippen molar-refractivity contribution in [1.29, 1.82) is 0 Å². The molecular weight excluding hydrogens is 955 g/mol. The monoisotopic (exact) mass is 1020 g/mol. The van der Waals surface area contributed by atoms with Gasteiger partial charge in [0.2, 0.25) is 11.8 Å². The lowest BCUT2D eigenvalue weighted by Gasteiger charge is -2.37. The number of benzene rings is 4. The molecule has 0 bridgehead atoms. The number of piperazine rings is 1. The number of nitrogens with zero attached hydrogens (tertiary/aromatic N) is 7. The fourth-order valence-corrected chi connectivity index (χ4v) is 12.1. The summed E-state index contributed by atoms with van der Waals surface area (Å²) < 4.78 is 16.0. The van der Waals surface area contributed by atoms with E-state index in [0.717, 1.165) is 119 Å². The molecule has 3 aromatic heterocycles. The Hall–Kier alpha value is -7.21. The van der Waals surface area contributed by atoms with E-state index in [2.05, 4.69) is 50.5 Å². The molecule has 2 atom stereocenters. The molecule has 74 heavy (non-hydrogen) atoms. The van der Waals surface area contributed by atoms with Crippen LogP contribution in [0.25, 0.3) is 32.2 Å². The summed E-state index contributed by atoms with van der Waals surface area (Å²) in [7, 11) is 1.91. The molecule has 7 aromatic rings. The average Bonchev–Trinajstić information content (AvgIpc) is 3.97. The maximum absolute atomic E-state index is 13.7. The molecule has 0 spiro atoms. The summed E-state index contributed by atoms with van der Waals surface area (Å²) in [6.07, 6.45) is 5.26. The fourth-order valence-electron chi connectivity index (χ4n) is 11.3. The highest BCUT2D eigenvalue weighted by molar-refractivity contribution is 7.22. The first-order valence-electron chi connectivity index (χ1n) is 25.8. The van der Waals surface area contributed by atoms with Crippen LogP contribution in [0.15, 0.2) is 91.0 Å². The lowest BCUT2D eigenvalue weighted by molar-refractivity contribution is -0.134. The summed E-state index contributed by atoms with van der Waals surface area (Å²) >= 11 is 1.43. The van der Waals surface area contributed by atoms with Crippen molar-refractivity contribution in [2.24, 2.45) is 13.0 Å². The van der Waals surface area contributed by atoms with Crippen molar-refractivity contribution in [2.75, 3.05) is 61.0 Å². The Kier molecular flexibility index (Phi) is 13.9. The minimum atomic E-state index is -1.11. The van der Waals surface area contributed by atoms with Gasteiger partial charge >= 0.3 is 5.97 Å². The molecule has 1 aliphatic carbocycles. The molecule has 0 radical (unpaired) electrons. The smallest absolute Gasteiger partial charge is 0.355 e. The van der Waals surface area contributed by atoms with Crippen LogP contribution in [-0.4, -0.2) is 112 Å². The predicted octanol–water partition coefficient (Wildman–Crippen LogP) is 8.75. The zero-order valence-electron chi connectivity index (χ0n) is 42.0. The van der Waals surface area contributed by atoms with Crippen LogP contribution in [-0.2, 0) is 34.3 Å². The van der Waals surface area contributed by atoms with E-state index in [4.69, 9.17) is 19.6 Å². The maximum Gasteiger partial charge on any atom is 0.355 e. The molecule has 16 nitrogen and oxygen atoms in total. The van der Waals surface area contributed by atoms with Gasteiger partial charge in [-0.3, -0.25) is 34.6 Å². The van der Waals surface area contributed by atoms with Crippen molar-refractivity contribution in [1.82, 2.24) is 30.0 Å². The number of para-hydroxylation sites is 1. The van der Waals surface area contributed by atoms with Crippen molar-refractivity contribution in [3.63, 3.8) is 0 Å². The van der Waals surface area contributed by atoms with Crippen LogP contribution < -0.4 is 25.2 Å². The number of rotatable bonds is 14. The first kappa shape index (κ1) is 49.0. The molecule has 2 saturated heterocycles. The molecule has 3 N–H and O–H groups in total. The number of aryl methyl sites for hydroxylation is 1. The maximum atomic E-state index is 13.7. The predicted molar refractivity (Wildman–Crippen MR) is 286 cm³/mol. The third kappa shape index (κ3) is 10.2. The third-order valence-corrected chi connectivity index (χ3v) is 16.2. The number of imide groups is 1. The van der Waals surface area contributed by atoms with Crippen LogP contribution in [0.1, 0.15) is 94.6 Å². The Balaban J connectivity index is 0.657. The molecule has 3 aliphatic heterocycles. The lowest BCUT2D eigenvalue weighted by Crippen LogP contribution is -2.48. The summed E-state index contributed by atoms with van der Waals surface area (Å²) in [5.74, 6) is -0.593. The van der Waals surface area contributed by atoms with Gasteiger partial charge in [-0.1, -0.05) is 54.7 Å². The quantitative estimate of drug-likeness (QED) is 0.0880. The third-order valence-electron chi connectivity index (χ3n) is 15.3. The van der Waals surface area contributed by atoms with Gasteiger partial charge in [-0.25, -0.2) is 14.8 Å². The molecule has 3 fully saturated rings. The largest absolute Gasteiger partial charge is 0.490 e. The number of carbonyl (C=O) groups is 4. The number of carboxylic acid groups (broad SMARTS) is 1. The van der Waals surface area contributed by atoms with Crippen LogP contribution in [0.2, 0.25) is 0 Å². The molecule has 382 valence electrons. The van der Waals surface area contributed by atoms with Crippen molar-refractivity contribution in [3.05, 3.63) is 125 Å². The number of pyridine rings is 1. The van der Waals surface area contributed by atoms with Gasteiger partial charge in [0.25, 0.3) is 5.91 Å². The molecule has 11 rings (SSSR count). The normalized spacial score (nSPS) is 19.9. The van der Waals surface area contributed by atoms with E-state index in [1.165, 1.54) is 11.3 Å². The topological polar surface area (TPSA) is 184 Å². The number of thiazole rings is 1. The van der Waals surface area contributed by atoms with Gasteiger partial charge in [-0.05, 0) is 128 Å². The molecule has 17 heteroatoms. The second kappa shape index (κ2) is 21.0. The van der Waals surface area contributed by atoms with Gasteiger partial charge in [-0.15, -0.1) is 0 Å². The first-order chi connectivity index (χ1) is 35.9. The van der Waals surface area contributed by atoms with Gasteiger partial charge < -0.3 is 24.4 Å². The molecule has 1 saturated carbocycles. The van der Waals surface area contributed by atoms with Gasteiger partial charge in [-0.2, -0.15) is 5.10 Å². The summed E-state index contributed by atoms with van der Waals surface area (Å²) in [5.41, 5.74) is 8.35. The molecule has 3 amide bonds. The van der Waals surface area contributed by atoms with E-state index in [-0.39, 0.29) is 35.6 Å². The van der Waals surface area contributed by atoms with Crippen LogP contribution >= 0.6 is 11.3 Å². The number of nitrogens with one attached hydrogen (secondary N) is 2. The summed E-state index contributed by atoms with van der Waals surface area (Å²) in [4.78, 5) is 67.2. The van der Waals surface area contributed by atoms with Crippen LogP contribution in [0.5, 0.6) is 5.75 Å². The van der Waals surface area contributed by atoms with Crippen molar-refractivity contribution in [3.8, 4) is 16.9 Å². The number of ether oxygens (including phenoxy) is 2. The van der Waals surface area contributed by atoms with E-state index in [9.17, 15) is 24.3 Å². The highest BCUT2D eigenvalue weighted by Crippen LogP contribution is 2.37. The lowest BCUT2D eigenvalue weighted by atomic mass is 9.93. The molecular formula is C57H61N9O7S. The van der Waals surface area contributed by atoms with E-state index < -0.39 is 11.9 Å². The highest BCUT2D eigenvalue weighted by atomic mass is 32.1. The number of amides is 3. The molecule has 0 unspecified atom stereocenters. The van der Waals surface area contributed by atoms with Crippen molar-refractivity contribution in [2.45, 2.75) is 83.5 Å². The second-order valence-electron chi connectivity index (χ2n) is 20.3. The van der Waals surface area contributed by atoms with E-state index in [1.54, 1.807) is 0 Å². The fraction of sp³-hybridized carbons (Fsp3) is 0.386. The number of carboxylic acids is 1. The number of piperidine rings is 1. The number of fused-ring (bicyclic) bond motifs is 3. The van der Waals surface area contributed by atoms with Gasteiger partial charge in [0.05, 0.1) is 46.2 Å². The minimum Gasteiger partial charge on any atom is -0.490 e. The standard InChI is InChI=1S/C57H61N9O7S/c1-34(31-64-26-28-65(29-27-64)37-14-19-43-47(30-37)63(3)62-52(43)44-21-23-51(67)60-55(44)69)33-72-38-15-17-39(18-16-38)73-48-12-7-9-40(35(48)2)41-20-22-50(59-53(41)56(70)71)66-25-24-36-8-6-10-42(45(36)32-66)54(68)61-57-58-46-11-4-5-13-49(46)74-57/h4-14,19-20,22,30,34,38-39,44H,15-18,21,23-29,31-33H2,1-3H3,(H,70,71)(H,58,61,68)(H,60,67,69)/t34-,38?,39?,44-/m1/s1. The molecule has 4 aliphatic rings. The van der Waals surface area contributed by atoms with Gasteiger partial charge in [0.15, 0.2) is 10.8 Å². The zero-order valence-corrected chi connectivity index (χ0v) is 42.8. The Morgan fingerprint density at radius 3 is 2.45 bits per heavy atom. The second-order valence-corrected chi connectivity index (χ2v) is 21.3. The number of hydrogen-bond donors (Lipinski definition) is 3. The van der Waals surface area contributed by atoms with Crippen molar-refractivity contribution < 1.29 is 33.8 Å². The minimum absolute atomic E-state index is 0.0260. The number of carbonyl (C=O) groups excluding carboxylic acids is 3. The van der Waals surface area contributed by atoms with Crippen LogP contribution in [0.3, 0.4) is 0 Å². The van der Waals surface area contributed by atoms with Crippen LogP contribution in [0.4, 0.5) is 16.6 Å². The summed E-state index contributed by atoms with van der Waals surface area (Å²) in [5, 5.41) is 22.2. The van der Waals surface area contributed by atoms with Gasteiger partial charge in [0.1, 0.15) is 11.6 Å². The number of aromatic nitrogens is 4. The molecule has 6 heterocycles. The Morgan fingerprint density at radius 1 is 0.851 bits per heavy atom. The zero-order chi connectivity index (χ0) is 51.0. The highest BCUT2D eigenvalue weighted by Gasteiger charge is 2.33. The van der Waals surface area contributed by atoms with E-state index >= 15 is 0 Å². The Labute approximate surface area is 433 Å². The summed E-state index contributed by atoms with van der Waals surface area (Å²) in [6, 6.07) is 29.4. The molecule has 4 aromatic carbocycles. The van der Waals surface area contributed by atoms with Gasteiger partial charge in [0, 0.05) is 81.5 Å². The average molecular weight is 1020 g/mol. The van der Waals surface area contributed by atoms with Crippen molar-refractivity contribution >= 4 is 72.8 Å². The number of hydrogen-bond acceptors (Lipinski definition) is 13. The number of anilines is 3.